The van der Waals surface area contributed by atoms with Gasteiger partial charge in [0, 0.05) is 64.0 Å². The van der Waals surface area contributed by atoms with Crippen LogP contribution in [0.2, 0.25) is 0 Å². The minimum Gasteiger partial charge on any atom is -0.341 e. The van der Waals surface area contributed by atoms with Crippen molar-refractivity contribution < 1.29 is 9.59 Å². The first-order chi connectivity index (χ1) is 13.4. The van der Waals surface area contributed by atoms with Gasteiger partial charge < -0.3 is 15.1 Å². The Morgan fingerprint density at radius 2 is 1.69 bits per heavy atom. The van der Waals surface area contributed by atoms with Crippen molar-refractivity contribution >= 4 is 29.9 Å². The molecule has 3 aliphatic heterocycles. The standard InChI is InChI=1S/C22H32N4O2.ClH/c1-15-10-16(2)21(17(3)11-15)26-13-18(12-20(26)27)22(28)25-7-4-19(14-25)24-8-5-23-6-9-24;/h10-11,18-19,23H,4-9,12-14H2,1-3H3;1H. The number of hydrogen-bond donors (Lipinski definition) is 1. The molecule has 160 valence electrons. The van der Waals surface area contributed by atoms with E-state index in [-0.39, 0.29) is 30.1 Å². The van der Waals surface area contributed by atoms with E-state index in [0.29, 0.717) is 19.0 Å². The minimum atomic E-state index is -0.214. The molecule has 3 saturated heterocycles. The van der Waals surface area contributed by atoms with Gasteiger partial charge in [0.25, 0.3) is 0 Å². The fraction of sp³-hybridized carbons (Fsp3) is 0.636. The predicted octanol–water partition coefficient (Wildman–Crippen LogP) is 1.89. The number of likely N-dealkylation sites (tertiary alicyclic amines) is 1. The summed E-state index contributed by atoms with van der Waals surface area (Å²) in [5, 5.41) is 3.39. The molecule has 1 aromatic carbocycles. The molecule has 1 aromatic rings. The van der Waals surface area contributed by atoms with Crippen LogP contribution in [0.4, 0.5) is 5.69 Å². The average Bonchev–Trinajstić information content (AvgIpc) is 3.29. The van der Waals surface area contributed by atoms with E-state index in [1.807, 2.05) is 9.80 Å². The number of benzene rings is 1. The molecule has 1 N–H and O–H groups in total. The lowest BCUT2D eigenvalue weighted by atomic mass is 10.0. The van der Waals surface area contributed by atoms with Gasteiger partial charge in [-0.1, -0.05) is 17.7 Å². The zero-order valence-corrected chi connectivity index (χ0v) is 18.6. The second-order valence-corrected chi connectivity index (χ2v) is 8.67. The molecule has 2 amide bonds. The molecule has 2 unspecified atom stereocenters. The largest absolute Gasteiger partial charge is 0.341 e. The minimum absolute atomic E-state index is 0. The van der Waals surface area contributed by atoms with E-state index < -0.39 is 0 Å². The Morgan fingerprint density at radius 1 is 1.03 bits per heavy atom. The van der Waals surface area contributed by atoms with Crippen LogP contribution in [0.15, 0.2) is 12.1 Å². The van der Waals surface area contributed by atoms with Crippen LogP contribution in [0, 0.1) is 26.7 Å². The number of nitrogens with one attached hydrogen (secondary N) is 1. The zero-order valence-electron chi connectivity index (χ0n) is 17.7. The molecule has 7 heteroatoms. The van der Waals surface area contributed by atoms with Crippen molar-refractivity contribution in [2.45, 2.75) is 39.7 Å². The molecule has 0 bridgehead atoms. The van der Waals surface area contributed by atoms with E-state index in [9.17, 15) is 9.59 Å². The maximum Gasteiger partial charge on any atom is 0.228 e. The number of halogens is 1. The van der Waals surface area contributed by atoms with Crippen molar-refractivity contribution in [1.29, 1.82) is 0 Å². The molecular weight excluding hydrogens is 388 g/mol. The van der Waals surface area contributed by atoms with E-state index in [4.69, 9.17) is 0 Å². The summed E-state index contributed by atoms with van der Waals surface area (Å²) < 4.78 is 0. The lowest BCUT2D eigenvalue weighted by molar-refractivity contribution is -0.135. The number of amides is 2. The number of nitrogens with zero attached hydrogens (tertiary/aromatic N) is 3. The lowest BCUT2D eigenvalue weighted by Gasteiger charge is -2.32. The van der Waals surface area contributed by atoms with Gasteiger partial charge >= 0.3 is 0 Å². The first kappa shape index (κ1) is 22.1. The van der Waals surface area contributed by atoms with Gasteiger partial charge in [0.05, 0.1) is 5.92 Å². The summed E-state index contributed by atoms with van der Waals surface area (Å²) >= 11 is 0. The van der Waals surface area contributed by atoms with Gasteiger partial charge in [-0.2, -0.15) is 0 Å². The molecular formula is C22H33ClN4O2. The number of hydrogen-bond acceptors (Lipinski definition) is 4. The second kappa shape index (κ2) is 9.02. The highest BCUT2D eigenvalue weighted by Gasteiger charge is 2.40. The van der Waals surface area contributed by atoms with E-state index in [1.54, 1.807) is 0 Å². The highest BCUT2D eigenvalue weighted by molar-refractivity contribution is 6.01. The zero-order chi connectivity index (χ0) is 19.8. The van der Waals surface area contributed by atoms with Crippen LogP contribution in [-0.4, -0.2) is 73.5 Å². The highest BCUT2D eigenvalue weighted by atomic mass is 35.5. The van der Waals surface area contributed by atoms with Crippen LogP contribution < -0.4 is 10.2 Å². The van der Waals surface area contributed by atoms with Crippen molar-refractivity contribution in [3.8, 4) is 0 Å². The van der Waals surface area contributed by atoms with Crippen molar-refractivity contribution in [3.05, 3.63) is 28.8 Å². The number of aryl methyl sites for hydroxylation is 3. The van der Waals surface area contributed by atoms with Crippen LogP contribution in [0.5, 0.6) is 0 Å². The molecule has 3 heterocycles. The van der Waals surface area contributed by atoms with Gasteiger partial charge in [-0.3, -0.25) is 14.5 Å². The Bertz CT molecular complexity index is 755. The van der Waals surface area contributed by atoms with Crippen LogP contribution >= 0.6 is 12.4 Å². The van der Waals surface area contributed by atoms with Crippen LogP contribution in [-0.2, 0) is 9.59 Å². The fourth-order valence-corrected chi connectivity index (χ4v) is 5.23. The fourth-order valence-electron chi connectivity index (χ4n) is 5.23. The third-order valence-corrected chi connectivity index (χ3v) is 6.52. The van der Waals surface area contributed by atoms with E-state index in [2.05, 4.69) is 43.1 Å². The molecule has 3 fully saturated rings. The van der Waals surface area contributed by atoms with Gasteiger partial charge in [-0.05, 0) is 38.3 Å². The summed E-state index contributed by atoms with van der Waals surface area (Å²) in [5.74, 6) is 0.0246. The third-order valence-electron chi connectivity index (χ3n) is 6.52. The molecule has 29 heavy (non-hydrogen) atoms. The Labute approximate surface area is 180 Å². The summed E-state index contributed by atoms with van der Waals surface area (Å²) in [7, 11) is 0. The van der Waals surface area contributed by atoms with Crippen LogP contribution in [0.3, 0.4) is 0 Å². The maximum atomic E-state index is 13.1. The second-order valence-electron chi connectivity index (χ2n) is 8.67. The molecule has 0 aliphatic carbocycles. The van der Waals surface area contributed by atoms with E-state index in [1.165, 1.54) is 5.56 Å². The maximum absolute atomic E-state index is 13.1. The number of carbonyl (C=O) groups is 2. The number of rotatable bonds is 3. The highest BCUT2D eigenvalue weighted by Crippen LogP contribution is 2.33. The third kappa shape index (κ3) is 4.44. The lowest BCUT2D eigenvalue weighted by Crippen LogP contribution is -2.49. The van der Waals surface area contributed by atoms with Gasteiger partial charge in [0.1, 0.15) is 0 Å². The first-order valence-corrected chi connectivity index (χ1v) is 10.6. The summed E-state index contributed by atoms with van der Waals surface area (Å²) in [4.78, 5) is 32.2. The van der Waals surface area contributed by atoms with E-state index >= 15 is 0 Å². The molecule has 2 atom stereocenters. The average molecular weight is 421 g/mol. The normalized spacial score (nSPS) is 25.4. The quantitative estimate of drug-likeness (QED) is 0.811. The molecule has 6 nitrogen and oxygen atoms in total. The van der Waals surface area contributed by atoms with E-state index in [0.717, 1.165) is 62.5 Å². The molecule has 4 rings (SSSR count). The van der Waals surface area contributed by atoms with Crippen LogP contribution in [0.25, 0.3) is 0 Å². The monoisotopic (exact) mass is 420 g/mol. The van der Waals surface area contributed by atoms with Crippen molar-refractivity contribution in [2.75, 3.05) is 50.7 Å². The molecule has 0 aromatic heterocycles. The molecule has 0 radical (unpaired) electrons. The number of anilines is 1. The first-order valence-electron chi connectivity index (χ1n) is 10.6. The number of piperazine rings is 1. The summed E-state index contributed by atoms with van der Waals surface area (Å²) in [6.07, 6.45) is 1.38. The summed E-state index contributed by atoms with van der Waals surface area (Å²) in [6, 6.07) is 4.70. The van der Waals surface area contributed by atoms with Crippen molar-refractivity contribution in [3.63, 3.8) is 0 Å². The Balaban J connectivity index is 0.00000240. The van der Waals surface area contributed by atoms with Gasteiger partial charge in [0.15, 0.2) is 0 Å². The summed E-state index contributed by atoms with van der Waals surface area (Å²) in [5.41, 5.74) is 4.41. The van der Waals surface area contributed by atoms with Gasteiger partial charge in [-0.15, -0.1) is 12.4 Å². The SMILES string of the molecule is Cc1cc(C)c(N2CC(C(=O)N3CCC(N4CCNCC4)C3)CC2=O)c(C)c1.Cl. The molecule has 3 aliphatic rings. The van der Waals surface area contributed by atoms with Gasteiger partial charge in [0.2, 0.25) is 11.8 Å². The Kier molecular flexibility index (Phi) is 6.87. The van der Waals surface area contributed by atoms with Crippen LogP contribution in [0.1, 0.15) is 29.5 Å². The smallest absolute Gasteiger partial charge is 0.228 e. The Hall–Kier alpha value is -1.63. The topological polar surface area (TPSA) is 55.9 Å². The Morgan fingerprint density at radius 3 is 2.34 bits per heavy atom. The predicted molar refractivity (Wildman–Crippen MR) is 118 cm³/mol. The van der Waals surface area contributed by atoms with Crippen molar-refractivity contribution in [2.24, 2.45) is 5.92 Å². The van der Waals surface area contributed by atoms with Crippen molar-refractivity contribution in [1.82, 2.24) is 15.1 Å². The number of carbonyl (C=O) groups excluding carboxylic acids is 2. The summed E-state index contributed by atoms with van der Waals surface area (Å²) in [6.45, 7) is 12.5. The molecule has 0 saturated carbocycles. The molecule has 0 spiro atoms. The van der Waals surface area contributed by atoms with Gasteiger partial charge in [-0.25, -0.2) is 0 Å².